The lowest BCUT2D eigenvalue weighted by Crippen LogP contribution is -2.44. The van der Waals surface area contributed by atoms with Gasteiger partial charge in [0.2, 0.25) is 11.8 Å². The van der Waals surface area contributed by atoms with Gasteiger partial charge in [-0.3, -0.25) is 24.0 Å². The first kappa shape index (κ1) is 16.1. The Balaban J connectivity index is 1.78. The SMILES string of the molecule is Cn1c(=O)n([C@H]2CCC(=O)NC2=O)c2ccc(C3CCNCC3)cc21. The smallest absolute Gasteiger partial charge is 0.317 e. The number of carbonyl (C=O) groups is 2. The summed E-state index contributed by atoms with van der Waals surface area (Å²) in [6, 6.07) is 5.46. The van der Waals surface area contributed by atoms with Crippen LogP contribution in [0, 0.1) is 0 Å². The van der Waals surface area contributed by atoms with Gasteiger partial charge < -0.3 is 5.32 Å². The number of fused-ring (bicyclic) bond motifs is 1. The largest absolute Gasteiger partial charge is 0.329 e. The lowest BCUT2D eigenvalue weighted by molar-refractivity contribution is -0.135. The van der Waals surface area contributed by atoms with Gasteiger partial charge in [-0.25, -0.2) is 4.79 Å². The van der Waals surface area contributed by atoms with E-state index in [1.165, 1.54) is 10.1 Å². The second kappa shape index (κ2) is 6.15. The summed E-state index contributed by atoms with van der Waals surface area (Å²) in [7, 11) is 1.74. The molecule has 0 aliphatic carbocycles. The van der Waals surface area contributed by atoms with Gasteiger partial charge in [0.25, 0.3) is 0 Å². The number of imide groups is 1. The topological polar surface area (TPSA) is 85.1 Å². The molecule has 2 N–H and O–H groups in total. The summed E-state index contributed by atoms with van der Waals surface area (Å²) < 4.78 is 3.13. The van der Waals surface area contributed by atoms with Gasteiger partial charge in [-0.05, 0) is 56.0 Å². The first-order chi connectivity index (χ1) is 12.1. The van der Waals surface area contributed by atoms with Crippen LogP contribution in [0.3, 0.4) is 0 Å². The van der Waals surface area contributed by atoms with Gasteiger partial charge in [0.05, 0.1) is 11.0 Å². The Kier molecular flexibility index (Phi) is 3.95. The Morgan fingerprint density at radius 1 is 1.04 bits per heavy atom. The molecule has 25 heavy (non-hydrogen) atoms. The van der Waals surface area contributed by atoms with E-state index in [1.54, 1.807) is 11.6 Å². The van der Waals surface area contributed by atoms with Gasteiger partial charge in [0, 0.05) is 13.5 Å². The third kappa shape index (κ3) is 2.68. The molecule has 2 amide bonds. The highest BCUT2D eigenvalue weighted by atomic mass is 16.2. The molecule has 7 heteroatoms. The van der Waals surface area contributed by atoms with Crippen LogP contribution >= 0.6 is 0 Å². The first-order valence-electron chi connectivity index (χ1n) is 8.81. The maximum atomic E-state index is 12.8. The third-order valence-electron chi connectivity index (χ3n) is 5.45. The monoisotopic (exact) mass is 342 g/mol. The number of benzene rings is 1. The van der Waals surface area contributed by atoms with E-state index in [1.807, 2.05) is 6.07 Å². The Hall–Kier alpha value is -2.41. The zero-order valence-electron chi connectivity index (χ0n) is 14.2. The maximum Gasteiger partial charge on any atom is 0.329 e. The number of piperidine rings is 2. The second-order valence-corrected chi connectivity index (χ2v) is 6.95. The molecule has 132 valence electrons. The normalized spacial score (nSPS) is 22.4. The van der Waals surface area contributed by atoms with Gasteiger partial charge in [-0.15, -0.1) is 0 Å². The van der Waals surface area contributed by atoms with Gasteiger partial charge in [-0.2, -0.15) is 0 Å². The van der Waals surface area contributed by atoms with E-state index in [-0.39, 0.29) is 18.0 Å². The highest BCUT2D eigenvalue weighted by molar-refractivity contribution is 6.00. The number of nitrogens with one attached hydrogen (secondary N) is 2. The minimum absolute atomic E-state index is 0.216. The number of imidazole rings is 1. The minimum Gasteiger partial charge on any atom is -0.317 e. The Labute approximate surface area is 145 Å². The van der Waals surface area contributed by atoms with E-state index < -0.39 is 11.9 Å². The van der Waals surface area contributed by atoms with Crippen molar-refractivity contribution in [1.82, 2.24) is 19.8 Å². The van der Waals surface area contributed by atoms with Crippen LogP contribution in [0.1, 0.15) is 43.2 Å². The van der Waals surface area contributed by atoms with Gasteiger partial charge in [-0.1, -0.05) is 6.07 Å². The predicted molar refractivity (Wildman–Crippen MR) is 93.4 cm³/mol. The van der Waals surface area contributed by atoms with E-state index in [4.69, 9.17) is 0 Å². The molecule has 7 nitrogen and oxygen atoms in total. The summed E-state index contributed by atoms with van der Waals surface area (Å²) in [6.45, 7) is 2.03. The molecule has 2 aliphatic heterocycles. The molecule has 0 spiro atoms. The first-order valence-corrected chi connectivity index (χ1v) is 8.81. The number of aromatic nitrogens is 2. The van der Waals surface area contributed by atoms with Crippen LogP contribution in [-0.4, -0.2) is 34.0 Å². The number of amides is 2. The van der Waals surface area contributed by atoms with E-state index in [2.05, 4.69) is 22.8 Å². The molecule has 0 radical (unpaired) electrons. The molecule has 0 bridgehead atoms. The van der Waals surface area contributed by atoms with E-state index in [9.17, 15) is 14.4 Å². The summed E-state index contributed by atoms with van der Waals surface area (Å²) >= 11 is 0. The molecule has 0 unspecified atom stereocenters. The van der Waals surface area contributed by atoms with Crippen LogP contribution in [0.15, 0.2) is 23.0 Å². The summed E-state index contributed by atoms with van der Waals surface area (Å²) in [5, 5.41) is 5.70. The molecular formula is C18H22N4O3. The van der Waals surface area contributed by atoms with E-state index in [0.29, 0.717) is 12.3 Å². The lowest BCUT2D eigenvalue weighted by Gasteiger charge is -2.23. The number of rotatable bonds is 2. The van der Waals surface area contributed by atoms with Crippen molar-refractivity contribution in [3.05, 3.63) is 34.2 Å². The predicted octanol–water partition coefficient (Wildman–Crippen LogP) is 0.785. The number of hydrogen-bond acceptors (Lipinski definition) is 4. The van der Waals surface area contributed by atoms with E-state index >= 15 is 0 Å². The fourth-order valence-electron chi connectivity index (χ4n) is 4.02. The molecule has 2 fully saturated rings. The summed E-state index contributed by atoms with van der Waals surface area (Å²) in [6.07, 6.45) is 2.80. The average molecular weight is 342 g/mol. The number of hydrogen-bond donors (Lipinski definition) is 2. The van der Waals surface area contributed by atoms with Crippen molar-refractivity contribution in [2.45, 2.75) is 37.6 Å². The van der Waals surface area contributed by atoms with Gasteiger partial charge >= 0.3 is 5.69 Å². The van der Waals surface area contributed by atoms with Gasteiger partial charge in [0.1, 0.15) is 6.04 Å². The van der Waals surface area contributed by atoms with Crippen molar-refractivity contribution in [2.75, 3.05) is 13.1 Å². The van der Waals surface area contributed by atoms with E-state index in [0.717, 1.165) is 37.0 Å². The van der Waals surface area contributed by atoms with Crippen LogP contribution in [0.4, 0.5) is 0 Å². The van der Waals surface area contributed by atoms with Crippen LogP contribution in [0.5, 0.6) is 0 Å². The molecule has 2 saturated heterocycles. The molecule has 1 atom stereocenters. The lowest BCUT2D eigenvalue weighted by atomic mass is 9.90. The molecule has 2 aromatic rings. The van der Waals surface area contributed by atoms with Crippen molar-refractivity contribution in [2.24, 2.45) is 7.05 Å². The molecular weight excluding hydrogens is 320 g/mol. The Morgan fingerprint density at radius 2 is 1.80 bits per heavy atom. The second-order valence-electron chi connectivity index (χ2n) is 6.95. The highest BCUT2D eigenvalue weighted by Crippen LogP contribution is 2.29. The highest BCUT2D eigenvalue weighted by Gasteiger charge is 2.31. The molecule has 2 aliphatic rings. The number of carbonyl (C=O) groups excluding carboxylic acids is 2. The molecule has 1 aromatic heterocycles. The molecule has 3 heterocycles. The van der Waals surface area contributed by atoms with Crippen LogP contribution in [0.2, 0.25) is 0 Å². The quantitative estimate of drug-likeness (QED) is 0.790. The Morgan fingerprint density at radius 3 is 2.52 bits per heavy atom. The molecule has 1 aromatic carbocycles. The van der Waals surface area contributed by atoms with Crippen molar-refractivity contribution in [3.63, 3.8) is 0 Å². The summed E-state index contributed by atoms with van der Waals surface area (Å²) in [4.78, 5) is 36.4. The fraction of sp³-hybridized carbons (Fsp3) is 0.500. The number of nitrogens with zero attached hydrogens (tertiary/aromatic N) is 2. The third-order valence-corrected chi connectivity index (χ3v) is 5.45. The summed E-state index contributed by atoms with van der Waals surface area (Å²) in [5.41, 5.74) is 2.61. The van der Waals surface area contributed by atoms with Crippen molar-refractivity contribution >= 4 is 22.8 Å². The van der Waals surface area contributed by atoms with Crippen molar-refractivity contribution in [1.29, 1.82) is 0 Å². The van der Waals surface area contributed by atoms with Gasteiger partial charge in [0.15, 0.2) is 0 Å². The molecule has 4 rings (SSSR count). The fourth-order valence-corrected chi connectivity index (χ4v) is 4.02. The van der Waals surface area contributed by atoms with Crippen molar-refractivity contribution in [3.8, 4) is 0 Å². The average Bonchev–Trinajstić information content (AvgIpc) is 2.87. The zero-order valence-corrected chi connectivity index (χ0v) is 14.2. The minimum atomic E-state index is -0.626. The zero-order chi connectivity index (χ0) is 17.6. The van der Waals surface area contributed by atoms with Crippen LogP contribution in [0.25, 0.3) is 11.0 Å². The van der Waals surface area contributed by atoms with Crippen LogP contribution in [-0.2, 0) is 16.6 Å². The standard InChI is InChI=1S/C18H22N4O3/c1-21-15-10-12(11-6-8-19-9-7-11)2-3-13(15)22(18(21)25)14-4-5-16(23)20-17(14)24/h2-3,10-11,14,19H,4-9H2,1H3,(H,20,23,24)/t14-/m0/s1. The van der Waals surface area contributed by atoms with Crippen LogP contribution < -0.4 is 16.3 Å². The van der Waals surface area contributed by atoms with Crippen molar-refractivity contribution < 1.29 is 9.59 Å². The summed E-state index contributed by atoms with van der Waals surface area (Å²) in [5.74, 6) is -0.171. The molecule has 0 saturated carbocycles. The Bertz CT molecular complexity index is 905. The number of aryl methyl sites for hydroxylation is 1. The maximum absolute atomic E-state index is 12.8.